The van der Waals surface area contributed by atoms with E-state index in [2.05, 4.69) is 33.0 Å². The molecule has 0 aliphatic heterocycles. The number of ether oxygens (including phenoxy) is 1. The van der Waals surface area contributed by atoms with Crippen LogP contribution in [0.2, 0.25) is 0 Å². The van der Waals surface area contributed by atoms with Crippen molar-refractivity contribution in [1.82, 2.24) is 9.97 Å². The summed E-state index contributed by atoms with van der Waals surface area (Å²) < 4.78 is 5.30. The van der Waals surface area contributed by atoms with Crippen LogP contribution in [0.15, 0.2) is 73.2 Å². The number of aromatic amines is 1. The molecule has 0 unspecified atom stereocenters. The predicted octanol–water partition coefficient (Wildman–Crippen LogP) is 5.27. The number of hydrogen-bond acceptors (Lipinski definition) is 3. The van der Waals surface area contributed by atoms with Gasteiger partial charge in [0.05, 0.1) is 18.8 Å². The molecule has 0 aliphatic carbocycles. The molecule has 0 atom stereocenters. The first-order valence-electron chi connectivity index (χ1n) is 7.96. The van der Waals surface area contributed by atoms with E-state index in [1.54, 1.807) is 7.11 Å². The summed E-state index contributed by atoms with van der Waals surface area (Å²) in [6.45, 7) is 0. The largest absolute Gasteiger partial charge is 0.595 e. The molecule has 1 radical (unpaired) electrons. The molecule has 0 saturated carbocycles. The molecule has 26 heavy (non-hydrogen) atoms. The van der Waals surface area contributed by atoms with E-state index in [1.807, 2.05) is 61.1 Å². The Balaban J connectivity index is 0.00000196. The van der Waals surface area contributed by atoms with E-state index in [0.29, 0.717) is 0 Å². The van der Waals surface area contributed by atoms with Crippen LogP contribution in [0.4, 0.5) is 11.4 Å². The minimum Gasteiger partial charge on any atom is -0.595 e. The van der Waals surface area contributed by atoms with Gasteiger partial charge in [-0.2, -0.15) is 0 Å². The van der Waals surface area contributed by atoms with E-state index in [1.165, 1.54) is 0 Å². The molecule has 0 saturated heterocycles. The van der Waals surface area contributed by atoms with Gasteiger partial charge < -0.3 is 20.6 Å². The normalized spacial score (nSPS) is 10.2. The van der Waals surface area contributed by atoms with Crippen LogP contribution >= 0.6 is 0 Å². The maximum Gasteiger partial charge on any atom is 0.105 e. The zero-order valence-corrected chi connectivity index (χ0v) is 17.1. The van der Waals surface area contributed by atoms with Crippen molar-refractivity contribution in [2.24, 2.45) is 0 Å². The summed E-state index contributed by atoms with van der Waals surface area (Å²) in [5, 5.41) is 1.16. The van der Waals surface area contributed by atoms with E-state index in [4.69, 9.17) is 4.74 Å². The minimum atomic E-state index is 0. The second-order valence-electron chi connectivity index (χ2n) is 5.60. The number of methoxy groups -OCH3 is 1. The van der Waals surface area contributed by atoms with E-state index in [0.717, 1.165) is 39.2 Å². The van der Waals surface area contributed by atoms with Crippen LogP contribution in [0.1, 0.15) is 0 Å². The fourth-order valence-electron chi connectivity index (χ4n) is 2.78. The third-order valence-electron chi connectivity index (χ3n) is 4.07. The number of pyridine rings is 1. The Morgan fingerprint density at radius 3 is 2.65 bits per heavy atom. The Kier molecular flexibility index (Phi) is 5.91. The van der Waals surface area contributed by atoms with E-state index in [9.17, 15) is 0 Å². The molecule has 127 valence electrons. The molecule has 2 N–H and O–H groups in total. The maximum absolute atomic E-state index is 5.30. The van der Waals surface area contributed by atoms with Gasteiger partial charge in [0.25, 0.3) is 0 Å². The van der Waals surface area contributed by atoms with Crippen molar-refractivity contribution >= 4 is 22.3 Å². The number of nitrogens with one attached hydrogen (secondary N) is 2. The maximum atomic E-state index is 5.30. The first-order chi connectivity index (χ1) is 12.3. The van der Waals surface area contributed by atoms with Crippen molar-refractivity contribution in [2.75, 3.05) is 12.5 Å². The average molecular weight is 418 g/mol. The van der Waals surface area contributed by atoms with Gasteiger partial charge in [-0.3, -0.25) is 4.98 Å². The number of para-hydroxylation sites is 2. The van der Waals surface area contributed by atoms with Gasteiger partial charge in [-0.15, -0.1) is 0 Å². The molecule has 0 spiro atoms. The molecule has 0 amide bonds. The van der Waals surface area contributed by atoms with Crippen molar-refractivity contribution in [3.63, 3.8) is 0 Å². The van der Waals surface area contributed by atoms with Gasteiger partial charge in [0.2, 0.25) is 0 Å². The topological polar surface area (TPSA) is 64.0 Å². The molecular formula is C20H17N4OY-. The van der Waals surface area contributed by atoms with Crippen LogP contribution < -0.4 is 10.2 Å². The van der Waals surface area contributed by atoms with Gasteiger partial charge in [0, 0.05) is 61.7 Å². The van der Waals surface area contributed by atoms with Crippen LogP contribution in [0.3, 0.4) is 0 Å². The third-order valence-corrected chi connectivity index (χ3v) is 4.07. The fraction of sp³-hybridized carbons (Fsp3) is 0.0500. The van der Waals surface area contributed by atoms with Gasteiger partial charge >= 0.3 is 0 Å². The SMILES string of the molecule is COc1ccccc1[N-]Nc1ccc(-c2c[nH]c3cnccc23)cc1.[Y]. The van der Waals surface area contributed by atoms with Crippen molar-refractivity contribution in [1.29, 1.82) is 0 Å². The zero-order valence-electron chi connectivity index (χ0n) is 14.3. The number of nitrogens with zero attached hydrogens (tertiary/aromatic N) is 2. The van der Waals surface area contributed by atoms with Gasteiger partial charge in [0.1, 0.15) is 5.75 Å². The molecule has 4 rings (SSSR count). The second-order valence-corrected chi connectivity index (χ2v) is 5.60. The summed E-state index contributed by atoms with van der Waals surface area (Å²) in [6, 6.07) is 17.8. The summed E-state index contributed by atoms with van der Waals surface area (Å²) in [7, 11) is 1.64. The fourth-order valence-corrected chi connectivity index (χ4v) is 2.78. The van der Waals surface area contributed by atoms with Crippen LogP contribution in [0.25, 0.3) is 27.5 Å². The molecule has 0 fully saturated rings. The minimum absolute atomic E-state index is 0. The quantitative estimate of drug-likeness (QED) is 0.434. The van der Waals surface area contributed by atoms with Gasteiger partial charge in [0.15, 0.2) is 0 Å². The number of H-pyrrole nitrogens is 1. The molecule has 6 heteroatoms. The van der Waals surface area contributed by atoms with E-state index >= 15 is 0 Å². The Morgan fingerprint density at radius 2 is 1.85 bits per heavy atom. The number of hydrogen-bond donors (Lipinski definition) is 2. The number of fused-ring (bicyclic) bond motifs is 1. The van der Waals surface area contributed by atoms with Crippen LogP contribution in [-0.2, 0) is 32.7 Å². The van der Waals surface area contributed by atoms with Crippen molar-refractivity contribution in [3.05, 3.63) is 78.6 Å². The standard InChI is InChI=1S/C20H17N4O.Y/c1-25-20-5-3-2-4-18(20)24-23-15-8-6-14(7-9-15)17-12-22-19-13-21-11-10-16(17)19;/h2-13,22-23H,1H3;/q-1;. The summed E-state index contributed by atoms with van der Waals surface area (Å²) in [4.78, 5) is 7.39. The monoisotopic (exact) mass is 418 g/mol. The van der Waals surface area contributed by atoms with Crippen molar-refractivity contribution in [3.8, 4) is 16.9 Å². The third kappa shape index (κ3) is 3.74. The molecule has 4 aromatic rings. The second kappa shape index (κ2) is 8.34. The van der Waals surface area contributed by atoms with Gasteiger partial charge in [-0.1, -0.05) is 36.0 Å². The molecule has 2 aromatic heterocycles. The number of rotatable bonds is 5. The van der Waals surface area contributed by atoms with Gasteiger partial charge in [-0.25, -0.2) is 0 Å². The van der Waals surface area contributed by atoms with Crippen molar-refractivity contribution in [2.45, 2.75) is 0 Å². The summed E-state index contributed by atoms with van der Waals surface area (Å²) in [6.07, 6.45) is 5.65. The Labute approximate surface area is 177 Å². The van der Waals surface area contributed by atoms with Crippen LogP contribution in [0.5, 0.6) is 5.75 Å². The summed E-state index contributed by atoms with van der Waals surface area (Å²) in [5.41, 5.74) is 12.5. The number of anilines is 1. The summed E-state index contributed by atoms with van der Waals surface area (Å²) >= 11 is 0. The first-order valence-corrected chi connectivity index (χ1v) is 7.96. The van der Waals surface area contributed by atoms with E-state index < -0.39 is 0 Å². The van der Waals surface area contributed by atoms with Crippen molar-refractivity contribution < 1.29 is 37.4 Å². The molecular weight excluding hydrogens is 401 g/mol. The Hall–Kier alpha value is -2.37. The smallest absolute Gasteiger partial charge is 0.105 e. The summed E-state index contributed by atoms with van der Waals surface area (Å²) in [5.74, 6) is 0.735. The molecule has 0 aliphatic rings. The first kappa shape index (κ1) is 18.4. The Bertz CT molecular complexity index is 998. The van der Waals surface area contributed by atoms with Crippen LogP contribution in [0, 0.1) is 0 Å². The average Bonchev–Trinajstić information content (AvgIpc) is 3.11. The number of benzene rings is 2. The van der Waals surface area contributed by atoms with Crippen LogP contribution in [-0.4, -0.2) is 17.1 Å². The molecule has 0 bridgehead atoms. The predicted molar refractivity (Wildman–Crippen MR) is 101 cm³/mol. The molecule has 2 aromatic carbocycles. The Morgan fingerprint density at radius 1 is 1.04 bits per heavy atom. The van der Waals surface area contributed by atoms with E-state index in [-0.39, 0.29) is 32.7 Å². The number of aromatic nitrogens is 2. The zero-order chi connectivity index (χ0) is 17.1. The van der Waals surface area contributed by atoms with Gasteiger partial charge in [-0.05, 0) is 29.8 Å². The molecule has 5 nitrogen and oxygen atoms in total. The molecule has 2 heterocycles.